The van der Waals surface area contributed by atoms with Gasteiger partial charge in [-0.3, -0.25) is 4.79 Å². The van der Waals surface area contributed by atoms with Crippen LogP contribution < -0.4 is 0 Å². The summed E-state index contributed by atoms with van der Waals surface area (Å²) < 4.78 is 11.3. The van der Waals surface area contributed by atoms with Gasteiger partial charge in [-0.2, -0.15) is 0 Å². The number of likely N-dealkylation sites (tertiary alicyclic amines) is 1. The highest BCUT2D eigenvalue weighted by molar-refractivity contribution is 5.79. The maximum Gasteiger partial charge on any atom is 0.409 e. The van der Waals surface area contributed by atoms with Gasteiger partial charge < -0.3 is 14.4 Å². The summed E-state index contributed by atoms with van der Waals surface area (Å²) >= 11 is 0. The molecule has 0 saturated carbocycles. The summed E-state index contributed by atoms with van der Waals surface area (Å²) in [4.78, 5) is 27.0. The van der Waals surface area contributed by atoms with E-state index >= 15 is 0 Å². The number of nitrogens with zero attached hydrogens (tertiary/aromatic N) is 1. The van der Waals surface area contributed by atoms with Crippen LogP contribution in [0.3, 0.4) is 0 Å². The first-order valence-electron chi connectivity index (χ1n) is 11.7. The predicted octanol–water partition coefficient (Wildman–Crippen LogP) is 5.79. The van der Waals surface area contributed by atoms with Gasteiger partial charge >= 0.3 is 12.1 Å². The molecule has 2 aromatic rings. The van der Waals surface area contributed by atoms with Crippen molar-refractivity contribution in [2.45, 2.75) is 45.1 Å². The van der Waals surface area contributed by atoms with Gasteiger partial charge in [0.15, 0.2) is 0 Å². The standard InChI is InChI=1S/C28H33NO4/c1-5-19-17-29(15-14-20(19)16-26(30)33-28(2,3)4)27(31)32-18-25-23-12-8-6-10-21(23)22-11-7-9-13-24(22)25/h5-13,19-20,25H,1,14-18H2,2-4H3/t19-,20-/m0/s1. The lowest BCUT2D eigenvalue weighted by atomic mass is 9.83. The first-order valence-corrected chi connectivity index (χ1v) is 11.7. The molecule has 4 rings (SSSR count). The van der Waals surface area contributed by atoms with E-state index in [0.717, 1.165) is 6.42 Å². The largest absolute Gasteiger partial charge is 0.460 e. The van der Waals surface area contributed by atoms with Gasteiger partial charge in [0.25, 0.3) is 0 Å². The second kappa shape index (κ2) is 9.42. The quantitative estimate of drug-likeness (QED) is 0.430. The Kier molecular flexibility index (Phi) is 6.59. The third kappa shape index (κ3) is 5.13. The highest BCUT2D eigenvalue weighted by Gasteiger charge is 2.34. The molecule has 1 aliphatic heterocycles. The summed E-state index contributed by atoms with van der Waals surface area (Å²) in [5.41, 5.74) is 4.33. The maximum absolute atomic E-state index is 12.9. The third-order valence-corrected chi connectivity index (χ3v) is 6.55. The van der Waals surface area contributed by atoms with Crippen molar-refractivity contribution in [3.05, 3.63) is 72.3 Å². The van der Waals surface area contributed by atoms with Crippen molar-refractivity contribution in [3.8, 4) is 11.1 Å². The number of hydrogen-bond donors (Lipinski definition) is 0. The molecule has 2 aliphatic rings. The third-order valence-electron chi connectivity index (χ3n) is 6.55. The Balaban J connectivity index is 1.36. The Bertz CT molecular complexity index is 993. The van der Waals surface area contributed by atoms with Crippen molar-refractivity contribution >= 4 is 12.1 Å². The number of piperidine rings is 1. The molecule has 5 nitrogen and oxygen atoms in total. The number of esters is 1. The van der Waals surface area contributed by atoms with Gasteiger partial charge in [0, 0.05) is 25.4 Å². The molecule has 2 atom stereocenters. The summed E-state index contributed by atoms with van der Waals surface area (Å²) in [6, 6.07) is 16.6. The molecule has 0 aromatic heterocycles. The van der Waals surface area contributed by atoms with Crippen molar-refractivity contribution in [1.29, 1.82) is 0 Å². The monoisotopic (exact) mass is 447 g/mol. The minimum absolute atomic E-state index is 0.0340. The number of amides is 1. The van der Waals surface area contributed by atoms with Crippen LogP contribution in [0.1, 0.15) is 50.7 Å². The molecule has 33 heavy (non-hydrogen) atoms. The number of rotatable bonds is 5. The van der Waals surface area contributed by atoms with E-state index < -0.39 is 5.60 Å². The van der Waals surface area contributed by atoms with Crippen LogP contribution in [-0.2, 0) is 14.3 Å². The number of hydrogen-bond acceptors (Lipinski definition) is 4. The van der Waals surface area contributed by atoms with Gasteiger partial charge in [-0.1, -0.05) is 54.6 Å². The molecule has 1 heterocycles. The van der Waals surface area contributed by atoms with E-state index in [1.807, 2.05) is 51.1 Å². The minimum atomic E-state index is -0.497. The summed E-state index contributed by atoms with van der Waals surface area (Å²) in [7, 11) is 0. The van der Waals surface area contributed by atoms with Crippen LogP contribution in [0.15, 0.2) is 61.2 Å². The SMILES string of the molecule is C=C[C@H]1CN(C(=O)OCC2c3ccccc3-c3ccccc32)CC[C@H]1CC(=O)OC(C)(C)C. The number of carbonyl (C=O) groups is 2. The topological polar surface area (TPSA) is 55.8 Å². The van der Waals surface area contributed by atoms with Crippen LogP contribution in [0.4, 0.5) is 4.79 Å². The predicted molar refractivity (Wildman–Crippen MR) is 129 cm³/mol. The van der Waals surface area contributed by atoms with Crippen molar-refractivity contribution in [2.75, 3.05) is 19.7 Å². The summed E-state index contributed by atoms with van der Waals surface area (Å²) in [6.45, 7) is 10.9. The van der Waals surface area contributed by atoms with E-state index in [1.165, 1.54) is 22.3 Å². The van der Waals surface area contributed by atoms with Crippen LogP contribution in [-0.4, -0.2) is 42.3 Å². The lowest BCUT2D eigenvalue weighted by Crippen LogP contribution is -2.44. The van der Waals surface area contributed by atoms with Gasteiger partial charge in [-0.15, -0.1) is 6.58 Å². The molecular formula is C28H33NO4. The zero-order valence-electron chi connectivity index (χ0n) is 19.8. The normalized spacial score (nSPS) is 20.0. The lowest BCUT2D eigenvalue weighted by molar-refractivity contribution is -0.156. The molecule has 2 aromatic carbocycles. The molecule has 5 heteroatoms. The van der Waals surface area contributed by atoms with Crippen molar-refractivity contribution in [3.63, 3.8) is 0 Å². The first kappa shape index (κ1) is 23.1. The van der Waals surface area contributed by atoms with Gasteiger partial charge in [0.2, 0.25) is 0 Å². The molecule has 1 amide bonds. The zero-order chi connectivity index (χ0) is 23.6. The van der Waals surface area contributed by atoms with Crippen LogP contribution in [0.5, 0.6) is 0 Å². The van der Waals surface area contributed by atoms with Crippen LogP contribution in [0, 0.1) is 11.8 Å². The summed E-state index contributed by atoms with van der Waals surface area (Å²) in [5.74, 6) is -0.00284. The zero-order valence-corrected chi connectivity index (χ0v) is 19.8. The highest BCUT2D eigenvalue weighted by Crippen LogP contribution is 2.44. The molecule has 0 spiro atoms. The molecule has 174 valence electrons. The Labute approximate surface area is 196 Å². The van der Waals surface area contributed by atoms with E-state index in [2.05, 4.69) is 30.8 Å². The van der Waals surface area contributed by atoms with E-state index in [4.69, 9.17) is 9.47 Å². The fourth-order valence-corrected chi connectivity index (χ4v) is 5.00. The van der Waals surface area contributed by atoms with Gasteiger partial charge in [0.05, 0.1) is 0 Å². The Morgan fingerprint density at radius 2 is 1.67 bits per heavy atom. The highest BCUT2D eigenvalue weighted by atomic mass is 16.6. The molecule has 1 aliphatic carbocycles. The van der Waals surface area contributed by atoms with Crippen LogP contribution in [0.2, 0.25) is 0 Å². The smallest absolute Gasteiger partial charge is 0.409 e. The van der Waals surface area contributed by atoms with Crippen LogP contribution >= 0.6 is 0 Å². The van der Waals surface area contributed by atoms with Crippen LogP contribution in [0.25, 0.3) is 11.1 Å². The number of benzene rings is 2. The molecule has 0 unspecified atom stereocenters. The lowest BCUT2D eigenvalue weighted by Gasteiger charge is -2.36. The van der Waals surface area contributed by atoms with Crippen molar-refractivity contribution in [1.82, 2.24) is 4.90 Å². The fourth-order valence-electron chi connectivity index (χ4n) is 5.00. The molecule has 1 saturated heterocycles. The average Bonchev–Trinajstić information content (AvgIpc) is 3.10. The second-order valence-corrected chi connectivity index (χ2v) is 9.99. The molecule has 0 bridgehead atoms. The van der Waals surface area contributed by atoms with Crippen molar-refractivity contribution < 1.29 is 19.1 Å². The number of ether oxygens (including phenoxy) is 2. The Hall–Kier alpha value is -3.08. The van der Waals surface area contributed by atoms with Gasteiger partial charge in [0.1, 0.15) is 12.2 Å². The Morgan fingerprint density at radius 1 is 1.06 bits per heavy atom. The molecule has 0 radical (unpaired) electrons. The average molecular weight is 448 g/mol. The van der Waals surface area contributed by atoms with Crippen molar-refractivity contribution in [2.24, 2.45) is 11.8 Å². The molecule has 1 fully saturated rings. The molecular weight excluding hydrogens is 414 g/mol. The number of carbonyl (C=O) groups excluding carboxylic acids is 2. The number of fused-ring (bicyclic) bond motifs is 3. The van der Waals surface area contributed by atoms with Gasteiger partial charge in [-0.25, -0.2) is 4.79 Å². The van der Waals surface area contributed by atoms with Gasteiger partial charge in [-0.05, 0) is 61.3 Å². The van der Waals surface area contributed by atoms with E-state index in [1.54, 1.807) is 4.90 Å². The fraction of sp³-hybridized carbons (Fsp3) is 0.429. The minimum Gasteiger partial charge on any atom is -0.460 e. The summed E-state index contributed by atoms with van der Waals surface area (Å²) in [5, 5.41) is 0. The van der Waals surface area contributed by atoms with E-state index in [9.17, 15) is 9.59 Å². The summed E-state index contributed by atoms with van der Waals surface area (Å²) in [6.07, 6.45) is 2.60. The van der Waals surface area contributed by atoms with E-state index in [0.29, 0.717) is 26.1 Å². The maximum atomic E-state index is 12.9. The van der Waals surface area contributed by atoms with E-state index in [-0.39, 0.29) is 29.8 Å². The Morgan fingerprint density at radius 3 is 2.24 bits per heavy atom. The second-order valence-electron chi connectivity index (χ2n) is 9.99. The molecule has 0 N–H and O–H groups in total. The first-order chi connectivity index (χ1) is 15.8.